The Morgan fingerprint density at radius 1 is 0.452 bits per heavy atom. The SMILES string of the molecule is CC1(C)c2ccccc2-c2ccc3c(c21)c1ccccc1n3-c1c(-c2ccccc2C#N)cc(-c2cc(-c3ccccc3)nc(-c3ccccc3)n2)cc1-c1ccccc1C#N. The molecule has 0 saturated carbocycles. The fourth-order valence-electron chi connectivity index (χ4n) is 9.71. The molecule has 5 nitrogen and oxygen atoms in total. The Hall–Kier alpha value is -8.38. The molecular weight excluding hydrogens is 755 g/mol. The number of aromatic nitrogens is 3. The molecule has 0 bridgehead atoms. The number of hydrogen-bond donors (Lipinski definition) is 0. The summed E-state index contributed by atoms with van der Waals surface area (Å²) < 4.78 is 2.37. The summed E-state index contributed by atoms with van der Waals surface area (Å²) in [5.41, 5.74) is 16.3. The molecule has 0 radical (unpaired) electrons. The minimum Gasteiger partial charge on any atom is -0.308 e. The fourth-order valence-corrected chi connectivity index (χ4v) is 9.71. The third-order valence-corrected chi connectivity index (χ3v) is 12.5. The molecule has 0 amide bonds. The van der Waals surface area contributed by atoms with Crippen molar-refractivity contribution in [1.29, 1.82) is 10.5 Å². The molecule has 0 atom stereocenters. The lowest BCUT2D eigenvalue weighted by Gasteiger charge is -2.23. The monoisotopic (exact) mass is 791 g/mol. The Morgan fingerprint density at radius 2 is 0.984 bits per heavy atom. The van der Waals surface area contributed by atoms with E-state index in [1.807, 2.05) is 103 Å². The number of nitrogens with zero attached hydrogens (tertiary/aromatic N) is 5. The van der Waals surface area contributed by atoms with Crippen molar-refractivity contribution < 1.29 is 0 Å². The predicted molar refractivity (Wildman–Crippen MR) is 251 cm³/mol. The molecule has 5 heteroatoms. The van der Waals surface area contributed by atoms with E-state index in [1.165, 1.54) is 27.6 Å². The van der Waals surface area contributed by atoms with Crippen molar-refractivity contribution in [1.82, 2.24) is 14.5 Å². The Bertz CT molecular complexity index is 3370. The Labute approximate surface area is 360 Å². The fraction of sp³-hybridized carbons (Fsp3) is 0.0526. The molecule has 2 heterocycles. The highest BCUT2D eigenvalue weighted by Gasteiger charge is 2.38. The van der Waals surface area contributed by atoms with Crippen molar-refractivity contribution in [3.05, 3.63) is 210 Å². The molecule has 1 aliphatic carbocycles. The van der Waals surface area contributed by atoms with Gasteiger partial charge < -0.3 is 4.57 Å². The summed E-state index contributed by atoms with van der Waals surface area (Å²) in [6.07, 6.45) is 0. The maximum absolute atomic E-state index is 10.8. The summed E-state index contributed by atoms with van der Waals surface area (Å²) in [6.45, 7) is 4.66. The largest absolute Gasteiger partial charge is 0.308 e. The van der Waals surface area contributed by atoms with E-state index in [-0.39, 0.29) is 5.41 Å². The van der Waals surface area contributed by atoms with Gasteiger partial charge in [-0.1, -0.05) is 159 Å². The zero-order valence-electron chi connectivity index (χ0n) is 34.1. The van der Waals surface area contributed by atoms with Gasteiger partial charge in [0, 0.05) is 55.1 Å². The molecule has 8 aromatic carbocycles. The number of fused-ring (bicyclic) bond motifs is 7. The van der Waals surface area contributed by atoms with Crippen LogP contribution in [0.2, 0.25) is 0 Å². The predicted octanol–water partition coefficient (Wildman–Crippen LogP) is 14.0. The average molecular weight is 792 g/mol. The molecule has 2 aromatic heterocycles. The topological polar surface area (TPSA) is 78.3 Å². The minimum absolute atomic E-state index is 0.267. The second-order valence-corrected chi connectivity index (χ2v) is 16.3. The van der Waals surface area contributed by atoms with E-state index in [0.717, 1.165) is 72.4 Å². The first-order valence-electron chi connectivity index (χ1n) is 20.8. The molecule has 62 heavy (non-hydrogen) atoms. The highest BCUT2D eigenvalue weighted by molar-refractivity contribution is 6.15. The summed E-state index contributed by atoms with van der Waals surface area (Å²) in [4.78, 5) is 10.4. The second-order valence-electron chi connectivity index (χ2n) is 16.3. The molecule has 290 valence electrons. The summed E-state index contributed by atoms with van der Waals surface area (Å²) >= 11 is 0. The third kappa shape index (κ3) is 5.68. The van der Waals surface area contributed by atoms with Gasteiger partial charge in [0.1, 0.15) is 0 Å². The van der Waals surface area contributed by atoms with Crippen molar-refractivity contribution in [3.63, 3.8) is 0 Å². The lowest BCUT2D eigenvalue weighted by Crippen LogP contribution is -2.15. The van der Waals surface area contributed by atoms with Gasteiger partial charge in [0.05, 0.1) is 51.4 Å². The van der Waals surface area contributed by atoms with E-state index in [1.54, 1.807) is 0 Å². The van der Waals surface area contributed by atoms with Crippen LogP contribution in [0.15, 0.2) is 188 Å². The summed E-state index contributed by atoms with van der Waals surface area (Å²) in [7, 11) is 0. The van der Waals surface area contributed by atoms with Crippen LogP contribution in [-0.2, 0) is 5.41 Å². The van der Waals surface area contributed by atoms with E-state index >= 15 is 0 Å². The highest BCUT2D eigenvalue weighted by atomic mass is 15.0. The zero-order chi connectivity index (χ0) is 42.0. The summed E-state index contributed by atoms with van der Waals surface area (Å²) in [5.74, 6) is 0.601. The van der Waals surface area contributed by atoms with Crippen molar-refractivity contribution in [3.8, 4) is 85.1 Å². The van der Waals surface area contributed by atoms with E-state index < -0.39 is 0 Å². The molecule has 0 unspecified atom stereocenters. The number of para-hydroxylation sites is 1. The van der Waals surface area contributed by atoms with Crippen LogP contribution in [0, 0.1) is 22.7 Å². The number of benzene rings is 8. The first kappa shape index (κ1) is 36.7. The Balaban J connectivity index is 1.30. The molecule has 11 rings (SSSR count). The Kier molecular flexibility index (Phi) is 8.53. The van der Waals surface area contributed by atoms with Crippen LogP contribution in [0.25, 0.3) is 94.8 Å². The van der Waals surface area contributed by atoms with Gasteiger partial charge in [0.25, 0.3) is 0 Å². The molecule has 0 spiro atoms. The van der Waals surface area contributed by atoms with Gasteiger partial charge in [-0.3, -0.25) is 0 Å². The summed E-state index contributed by atoms with van der Waals surface area (Å²) in [5, 5.41) is 23.8. The highest BCUT2D eigenvalue weighted by Crippen LogP contribution is 2.54. The summed E-state index contributed by atoms with van der Waals surface area (Å²) in [6, 6.07) is 69.1. The van der Waals surface area contributed by atoms with Crippen LogP contribution in [0.1, 0.15) is 36.1 Å². The van der Waals surface area contributed by atoms with Crippen molar-refractivity contribution in [2.24, 2.45) is 0 Å². The number of hydrogen-bond acceptors (Lipinski definition) is 4. The van der Waals surface area contributed by atoms with Gasteiger partial charge in [-0.15, -0.1) is 0 Å². The third-order valence-electron chi connectivity index (χ3n) is 12.5. The van der Waals surface area contributed by atoms with Crippen LogP contribution in [0.4, 0.5) is 0 Å². The molecule has 0 aliphatic heterocycles. The van der Waals surface area contributed by atoms with Crippen LogP contribution in [-0.4, -0.2) is 14.5 Å². The standard InChI is InChI=1S/C57H37N5/c1-57(2)48-27-15-13-25-43(48)44-29-30-52-53(54(44)57)45-26-14-16-28-51(45)62(52)55-46(41-23-11-9-21-38(41)34-58)31-40(32-47(55)42-24-12-10-22-39(42)35-59)50-33-49(36-17-5-3-6-18-36)60-56(61-50)37-19-7-4-8-20-37/h3-33H,1-2H3. The molecule has 0 fully saturated rings. The molecule has 0 saturated heterocycles. The quantitative estimate of drug-likeness (QED) is 0.168. The van der Waals surface area contributed by atoms with Crippen LogP contribution < -0.4 is 0 Å². The zero-order valence-corrected chi connectivity index (χ0v) is 34.1. The van der Waals surface area contributed by atoms with Crippen LogP contribution in [0.3, 0.4) is 0 Å². The van der Waals surface area contributed by atoms with Gasteiger partial charge >= 0.3 is 0 Å². The average Bonchev–Trinajstić information content (AvgIpc) is 3.79. The van der Waals surface area contributed by atoms with Crippen molar-refractivity contribution >= 4 is 21.8 Å². The second kappa shape index (κ2) is 14.4. The van der Waals surface area contributed by atoms with Gasteiger partial charge in [-0.2, -0.15) is 10.5 Å². The first-order valence-corrected chi connectivity index (χ1v) is 20.8. The van der Waals surface area contributed by atoms with Gasteiger partial charge in [-0.25, -0.2) is 9.97 Å². The normalized spacial score (nSPS) is 12.5. The molecule has 10 aromatic rings. The van der Waals surface area contributed by atoms with E-state index in [2.05, 4.69) is 115 Å². The maximum Gasteiger partial charge on any atom is 0.160 e. The number of nitriles is 2. The maximum atomic E-state index is 10.8. The van der Waals surface area contributed by atoms with Gasteiger partial charge in [0.2, 0.25) is 0 Å². The van der Waals surface area contributed by atoms with Gasteiger partial charge in [0.15, 0.2) is 5.82 Å². The van der Waals surface area contributed by atoms with E-state index in [4.69, 9.17) is 9.97 Å². The minimum atomic E-state index is -0.267. The molecular formula is C57H37N5. The van der Waals surface area contributed by atoms with E-state index in [9.17, 15) is 10.5 Å². The van der Waals surface area contributed by atoms with Crippen LogP contribution in [0.5, 0.6) is 0 Å². The smallest absolute Gasteiger partial charge is 0.160 e. The van der Waals surface area contributed by atoms with Crippen LogP contribution >= 0.6 is 0 Å². The van der Waals surface area contributed by atoms with Crippen molar-refractivity contribution in [2.75, 3.05) is 0 Å². The lowest BCUT2D eigenvalue weighted by atomic mass is 9.80. The molecule has 1 aliphatic rings. The lowest BCUT2D eigenvalue weighted by molar-refractivity contribution is 0.666. The van der Waals surface area contributed by atoms with E-state index in [0.29, 0.717) is 17.0 Å². The van der Waals surface area contributed by atoms with Crippen molar-refractivity contribution in [2.45, 2.75) is 19.3 Å². The van der Waals surface area contributed by atoms with Gasteiger partial charge in [-0.05, 0) is 64.7 Å². The first-order chi connectivity index (χ1) is 30.4. The molecule has 0 N–H and O–H groups in total. The number of rotatable bonds is 6. The Morgan fingerprint density at radius 3 is 1.63 bits per heavy atom.